The maximum absolute atomic E-state index is 11.0. The monoisotopic (exact) mass is 293 g/mol. The van der Waals surface area contributed by atoms with Gasteiger partial charge in [0.05, 0.1) is 0 Å². The standard InChI is InChI=1S/C11H8ClN5OS/c1-6(18)13-10-16-17-9(14-15-11(17)19-10)7-3-2-4-8(12)5-7/h2-5H,1H3,(H,13,16,18). The molecule has 1 amide bonds. The smallest absolute Gasteiger partial charge is 0.236 e. The van der Waals surface area contributed by atoms with E-state index in [0.717, 1.165) is 5.56 Å². The summed E-state index contributed by atoms with van der Waals surface area (Å²) in [5.74, 6) is 0.416. The van der Waals surface area contributed by atoms with Crippen molar-refractivity contribution in [1.29, 1.82) is 0 Å². The summed E-state index contributed by atoms with van der Waals surface area (Å²) >= 11 is 7.21. The van der Waals surface area contributed by atoms with Gasteiger partial charge in [-0.05, 0) is 12.1 Å². The second kappa shape index (κ2) is 4.60. The Morgan fingerprint density at radius 2 is 2.26 bits per heavy atom. The number of carbonyl (C=O) groups excluding carboxylic acids is 1. The Bertz CT molecular complexity index is 765. The Morgan fingerprint density at radius 3 is 3.00 bits per heavy atom. The average Bonchev–Trinajstić information content (AvgIpc) is 2.87. The molecule has 0 saturated carbocycles. The van der Waals surface area contributed by atoms with Crippen molar-refractivity contribution >= 4 is 38.9 Å². The number of nitrogens with zero attached hydrogens (tertiary/aromatic N) is 4. The van der Waals surface area contributed by atoms with Crippen LogP contribution in [0.3, 0.4) is 0 Å². The lowest BCUT2D eigenvalue weighted by Crippen LogP contribution is -2.05. The molecule has 2 aromatic heterocycles. The van der Waals surface area contributed by atoms with Crippen molar-refractivity contribution in [2.45, 2.75) is 6.92 Å². The predicted molar refractivity (Wildman–Crippen MR) is 73.4 cm³/mol. The maximum atomic E-state index is 11.0. The minimum atomic E-state index is -0.172. The molecule has 1 aromatic carbocycles. The number of amides is 1. The molecule has 8 heteroatoms. The number of fused-ring (bicyclic) bond motifs is 1. The third kappa shape index (κ3) is 2.29. The van der Waals surface area contributed by atoms with Gasteiger partial charge in [0.15, 0.2) is 5.82 Å². The van der Waals surface area contributed by atoms with E-state index >= 15 is 0 Å². The van der Waals surface area contributed by atoms with Gasteiger partial charge < -0.3 is 5.32 Å². The van der Waals surface area contributed by atoms with Gasteiger partial charge >= 0.3 is 0 Å². The van der Waals surface area contributed by atoms with Crippen molar-refractivity contribution in [3.8, 4) is 11.4 Å². The molecule has 1 N–H and O–H groups in total. The molecule has 0 saturated heterocycles. The third-order valence-electron chi connectivity index (χ3n) is 2.36. The van der Waals surface area contributed by atoms with Crippen LogP contribution in [0.5, 0.6) is 0 Å². The topological polar surface area (TPSA) is 72.2 Å². The number of halogens is 1. The lowest BCUT2D eigenvalue weighted by molar-refractivity contribution is -0.114. The Morgan fingerprint density at radius 1 is 1.42 bits per heavy atom. The van der Waals surface area contributed by atoms with E-state index in [1.54, 1.807) is 16.6 Å². The van der Waals surface area contributed by atoms with Gasteiger partial charge in [-0.2, -0.15) is 4.52 Å². The first-order valence-corrected chi connectivity index (χ1v) is 6.59. The zero-order chi connectivity index (χ0) is 13.4. The summed E-state index contributed by atoms with van der Waals surface area (Å²) in [6, 6.07) is 7.28. The van der Waals surface area contributed by atoms with Gasteiger partial charge in [-0.1, -0.05) is 35.1 Å². The van der Waals surface area contributed by atoms with Crippen LogP contribution in [0.15, 0.2) is 24.3 Å². The first-order chi connectivity index (χ1) is 9.13. The van der Waals surface area contributed by atoms with Gasteiger partial charge in [-0.3, -0.25) is 4.79 Å². The molecule has 3 aromatic rings. The van der Waals surface area contributed by atoms with Crippen LogP contribution >= 0.6 is 22.9 Å². The van der Waals surface area contributed by atoms with Crippen LogP contribution in [0.1, 0.15) is 6.92 Å². The highest BCUT2D eigenvalue weighted by Gasteiger charge is 2.13. The molecule has 0 aliphatic heterocycles. The molecule has 6 nitrogen and oxygen atoms in total. The van der Waals surface area contributed by atoms with E-state index in [9.17, 15) is 4.79 Å². The maximum Gasteiger partial charge on any atom is 0.236 e. The summed E-state index contributed by atoms with van der Waals surface area (Å²) in [5, 5.41) is 16.1. The molecule has 0 unspecified atom stereocenters. The van der Waals surface area contributed by atoms with Crippen LogP contribution in [0.25, 0.3) is 16.3 Å². The van der Waals surface area contributed by atoms with E-state index in [0.29, 0.717) is 20.9 Å². The summed E-state index contributed by atoms with van der Waals surface area (Å²) < 4.78 is 1.58. The molecule has 0 spiro atoms. The SMILES string of the molecule is CC(=O)Nc1nn2c(-c3cccc(Cl)c3)nnc2s1. The van der Waals surface area contributed by atoms with Crippen LogP contribution in [0.4, 0.5) is 5.13 Å². The van der Waals surface area contributed by atoms with Gasteiger partial charge in [0, 0.05) is 17.5 Å². The Labute approximate surface area is 117 Å². The third-order valence-corrected chi connectivity index (χ3v) is 3.41. The number of nitrogens with one attached hydrogen (secondary N) is 1. The van der Waals surface area contributed by atoms with E-state index in [4.69, 9.17) is 11.6 Å². The highest BCUT2D eigenvalue weighted by molar-refractivity contribution is 7.20. The van der Waals surface area contributed by atoms with Crippen molar-refractivity contribution in [3.05, 3.63) is 29.3 Å². The summed E-state index contributed by atoms with van der Waals surface area (Å²) in [4.78, 5) is 11.6. The normalized spacial score (nSPS) is 10.8. The summed E-state index contributed by atoms with van der Waals surface area (Å²) in [7, 11) is 0. The Kier molecular flexibility index (Phi) is 2.92. The number of benzene rings is 1. The van der Waals surface area contributed by atoms with Crippen LogP contribution in [-0.2, 0) is 4.79 Å². The second-order valence-corrected chi connectivity index (χ2v) is 5.21. The molecule has 0 radical (unpaired) electrons. The summed E-state index contributed by atoms with van der Waals surface area (Å²) in [5.41, 5.74) is 0.819. The lowest BCUT2D eigenvalue weighted by Gasteiger charge is -1.97. The zero-order valence-electron chi connectivity index (χ0n) is 9.79. The number of hydrogen-bond donors (Lipinski definition) is 1. The van der Waals surface area contributed by atoms with Crippen molar-refractivity contribution in [3.63, 3.8) is 0 Å². The lowest BCUT2D eigenvalue weighted by atomic mass is 10.2. The first-order valence-electron chi connectivity index (χ1n) is 5.39. The van der Waals surface area contributed by atoms with Gasteiger partial charge in [0.1, 0.15) is 0 Å². The fraction of sp³-hybridized carbons (Fsp3) is 0.0909. The van der Waals surface area contributed by atoms with E-state index < -0.39 is 0 Å². The number of anilines is 1. The van der Waals surface area contributed by atoms with E-state index in [2.05, 4.69) is 20.6 Å². The molecule has 0 aliphatic carbocycles. The van der Waals surface area contributed by atoms with Crippen LogP contribution < -0.4 is 5.32 Å². The largest absolute Gasteiger partial charge is 0.301 e. The van der Waals surface area contributed by atoms with Crippen molar-refractivity contribution < 1.29 is 4.79 Å². The fourth-order valence-electron chi connectivity index (χ4n) is 1.63. The van der Waals surface area contributed by atoms with Gasteiger partial charge in [0.25, 0.3) is 0 Å². The molecule has 0 aliphatic rings. The molecule has 96 valence electrons. The minimum absolute atomic E-state index is 0.172. The number of aromatic nitrogens is 4. The number of rotatable bonds is 2. The predicted octanol–water partition coefficient (Wildman–Crippen LogP) is 2.46. The van der Waals surface area contributed by atoms with Gasteiger partial charge in [-0.25, -0.2) is 0 Å². The van der Waals surface area contributed by atoms with Crippen molar-refractivity contribution in [1.82, 2.24) is 19.8 Å². The van der Waals surface area contributed by atoms with Crippen molar-refractivity contribution in [2.75, 3.05) is 5.32 Å². The van der Waals surface area contributed by atoms with Crippen LogP contribution in [0, 0.1) is 0 Å². The highest BCUT2D eigenvalue weighted by atomic mass is 35.5. The second-order valence-electron chi connectivity index (χ2n) is 3.82. The number of carbonyl (C=O) groups is 1. The van der Waals surface area contributed by atoms with Crippen molar-refractivity contribution in [2.24, 2.45) is 0 Å². The molecule has 2 heterocycles. The molecule has 0 atom stereocenters. The molecular formula is C11H8ClN5OS. The Hall–Kier alpha value is -1.99. The average molecular weight is 294 g/mol. The highest BCUT2D eigenvalue weighted by Crippen LogP contribution is 2.25. The van der Waals surface area contributed by atoms with Crippen LogP contribution in [-0.4, -0.2) is 25.7 Å². The van der Waals surface area contributed by atoms with E-state index in [1.807, 2.05) is 12.1 Å². The molecule has 19 heavy (non-hydrogen) atoms. The van der Waals surface area contributed by atoms with Gasteiger partial charge in [0.2, 0.25) is 16.0 Å². The van der Waals surface area contributed by atoms with Gasteiger partial charge in [-0.15, -0.1) is 15.3 Å². The molecule has 0 bridgehead atoms. The Balaban J connectivity index is 2.09. The zero-order valence-corrected chi connectivity index (χ0v) is 11.4. The van der Waals surface area contributed by atoms with E-state index in [-0.39, 0.29) is 5.91 Å². The van der Waals surface area contributed by atoms with E-state index in [1.165, 1.54) is 18.3 Å². The molecule has 0 fully saturated rings. The summed E-state index contributed by atoms with van der Waals surface area (Å²) in [6.07, 6.45) is 0. The number of hydrogen-bond acceptors (Lipinski definition) is 5. The minimum Gasteiger partial charge on any atom is -0.301 e. The van der Waals surface area contributed by atoms with Crippen LogP contribution in [0.2, 0.25) is 5.02 Å². The molecule has 3 rings (SSSR count). The quantitative estimate of drug-likeness (QED) is 0.788. The fourth-order valence-corrected chi connectivity index (χ4v) is 2.60. The first kappa shape index (κ1) is 12.1. The molecular weight excluding hydrogens is 286 g/mol. The summed E-state index contributed by atoms with van der Waals surface area (Å²) in [6.45, 7) is 1.43.